The molecule has 0 saturated heterocycles. The van der Waals surface area contributed by atoms with Gasteiger partial charge in [-0.05, 0) is 24.8 Å². The van der Waals surface area contributed by atoms with E-state index in [0.29, 0.717) is 6.04 Å². The van der Waals surface area contributed by atoms with E-state index in [1.165, 1.54) is 25.7 Å². The summed E-state index contributed by atoms with van der Waals surface area (Å²) in [6.45, 7) is 5.25. The summed E-state index contributed by atoms with van der Waals surface area (Å²) in [6.07, 6.45) is 6.87. The predicted molar refractivity (Wildman–Crippen MR) is 80.3 cm³/mol. The molecule has 0 saturated carbocycles. The normalized spacial score (nSPS) is 12.7. The maximum Gasteiger partial charge on any atom is 0.236 e. The highest BCUT2D eigenvalue weighted by Gasteiger charge is 2.08. The molecule has 19 heavy (non-hydrogen) atoms. The minimum atomic E-state index is 0.536. The lowest BCUT2D eigenvalue weighted by atomic mass is 10.1. The summed E-state index contributed by atoms with van der Waals surface area (Å²) in [5.41, 5.74) is 0.978. The van der Waals surface area contributed by atoms with Gasteiger partial charge in [-0.2, -0.15) is 0 Å². The second-order valence-electron chi connectivity index (χ2n) is 4.90. The number of hydrogen-bond acceptors (Lipinski definition) is 4. The van der Waals surface area contributed by atoms with Crippen LogP contribution in [0.1, 0.15) is 45.2 Å². The number of nitrogens with zero attached hydrogens (tertiary/aromatic N) is 1. The van der Waals surface area contributed by atoms with Crippen molar-refractivity contribution in [2.45, 2.75) is 52.1 Å². The van der Waals surface area contributed by atoms with Crippen molar-refractivity contribution in [1.82, 2.24) is 10.3 Å². The summed E-state index contributed by atoms with van der Waals surface area (Å²) in [7, 11) is 0. The van der Waals surface area contributed by atoms with E-state index < -0.39 is 0 Å². The van der Waals surface area contributed by atoms with Gasteiger partial charge in [0.05, 0.1) is 10.6 Å². The average Bonchev–Trinajstić information content (AvgIpc) is 3.07. The van der Waals surface area contributed by atoms with Crippen LogP contribution in [0.25, 0.3) is 10.8 Å². The first-order chi connectivity index (χ1) is 9.29. The van der Waals surface area contributed by atoms with Crippen LogP contribution in [0.4, 0.5) is 0 Å². The molecule has 0 aromatic carbocycles. The van der Waals surface area contributed by atoms with E-state index in [2.05, 4.69) is 24.1 Å². The van der Waals surface area contributed by atoms with E-state index in [1.54, 1.807) is 17.6 Å². The molecule has 0 aliphatic carbocycles. The van der Waals surface area contributed by atoms with Gasteiger partial charge in [0.25, 0.3) is 0 Å². The van der Waals surface area contributed by atoms with Crippen LogP contribution < -0.4 is 5.32 Å². The van der Waals surface area contributed by atoms with Gasteiger partial charge in [-0.1, -0.05) is 32.3 Å². The summed E-state index contributed by atoms with van der Waals surface area (Å²) in [5, 5.41) is 5.53. The Morgan fingerprint density at radius 3 is 3.05 bits per heavy atom. The Morgan fingerprint density at radius 2 is 2.32 bits per heavy atom. The smallest absolute Gasteiger partial charge is 0.236 e. The first-order valence-electron chi connectivity index (χ1n) is 7.01. The van der Waals surface area contributed by atoms with Gasteiger partial charge in [-0.15, -0.1) is 11.3 Å². The van der Waals surface area contributed by atoms with Crippen molar-refractivity contribution in [1.29, 1.82) is 0 Å². The van der Waals surface area contributed by atoms with Crippen LogP contribution in [0.2, 0.25) is 0 Å². The van der Waals surface area contributed by atoms with Gasteiger partial charge in [0.1, 0.15) is 6.26 Å². The fraction of sp³-hybridized carbons (Fsp3) is 0.533. The first-order valence-corrected chi connectivity index (χ1v) is 7.89. The van der Waals surface area contributed by atoms with Crippen molar-refractivity contribution >= 4 is 11.3 Å². The summed E-state index contributed by atoms with van der Waals surface area (Å²) < 4.78 is 5.50. The molecule has 3 nitrogen and oxygen atoms in total. The van der Waals surface area contributed by atoms with Gasteiger partial charge < -0.3 is 9.73 Å². The van der Waals surface area contributed by atoms with E-state index in [0.717, 1.165) is 23.0 Å². The maximum absolute atomic E-state index is 5.50. The molecule has 104 valence electrons. The standard InChI is InChI=1S/C15H22N2OS/c1-3-4-5-7-12(2)16-10-13-11-18-15(17-13)14-8-6-9-19-14/h6,8-9,11-12,16H,3-5,7,10H2,1-2H3. The zero-order valence-electron chi connectivity index (χ0n) is 11.7. The fourth-order valence-corrected chi connectivity index (χ4v) is 2.64. The van der Waals surface area contributed by atoms with Crippen LogP contribution in [-0.2, 0) is 6.54 Å². The van der Waals surface area contributed by atoms with Gasteiger partial charge in [-0.3, -0.25) is 0 Å². The van der Waals surface area contributed by atoms with E-state index in [-0.39, 0.29) is 0 Å². The van der Waals surface area contributed by atoms with Gasteiger partial charge in [-0.25, -0.2) is 4.98 Å². The third-order valence-corrected chi connectivity index (χ3v) is 4.01. The molecule has 0 fully saturated rings. The molecule has 1 atom stereocenters. The van der Waals surface area contributed by atoms with Gasteiger partial charge in [0.2, 0.25) is 5.89 Å². The van der Waals surface area contributed by atoms with Crippen molar-refractivity contribution in [2.24, 2.45) is 0 Å². The predicted octanol–water partition coefficient (Wildman–Crippen LogP) is 4.46. The monoisotopic (exact) mass is 278 g/mol. The molecule has 0 aliphatic rings. The zero-order chi connectivity index (χ0) is 13.5. The lowest BCUT2D eigenvalue weighted by Gasteiger charge is -2.11. The fourth-order valence-electron chi connectivity index (χ4n) is 1.98. The molecule has 1 unspecified atom stereocenters. The molecular formula is C15H22N2OS. The lowest BCUT2D eigenvalue weighted by molar-refractivity contribution is 0.483. The van der Waals surface area contributed by atoms with Crippen molar-refractivity contribution in [3.8, 4) is 10.8 Å². The van der Waals surface area contributed by atoms with Gasteiger partial charge >= 0.3 is 0 Å². The van der Waals surface area contributed by atoms with Crippen LogP contribution in [0.3, 0.4) is 0 Å². The average molecular weight is 278 g/mol. The highest BCUT2D eigenvalue weighted by molar-refractivity contribution is 7.13. The highest BCUT2D eigenvalue weighted by Crippen LogP contribution is 2.23. The van der Waals surface area contributed by atoms with E-state index in [4.69, 9.17) is 4.42 Å². The molecule has 2 aromatic heterocycles. The minimum absolute atomic E-state index is 0.536. The zero-order valence-corrected chi connectivity index (χ0v) is 12.5. The highest BCUT2D eigenvalue weighted by atomic mass is 32.1. The SMILES string of the molecule is CCCCCC(C)NCc1coc(-c2cccs2)n1. The number of oxazole rings is 1. The summed E-state index contributed by atoms with van der Waals surface area (Å²) in [5.74, 6) is 0.727. The Labute approximate surface area is 119 Å². The third kappa shape index (κ3) is 4.48. The molecule has 0 bridgehead atoms. The Bertz CT molecular complexity index is 464. The quantitative estimate of drug-likeness (QED) is 0.724. The topological polar surface area (TPSA) is 38.1 Å². The second kappa shape index (κ2) is 7.46. The van der Waals surface area contributed by atoms with Crippen molar-refractivity contribution in [3.63, 3.8) is 0 Å². The largest absolute Gasteiger partial charge is 0.444 e. The number of thiophene rings is 1. The third-order valence-electron chi connectivity index (χ3n) is 3.16. The van der Waals surface area contributed by atoms with Gasteiger partial charge in [0.15, 0.2) is 0 Å². The number of rotatable bonds is 8. The minimum Gasteiger partial charge on any atom is -0.444 e. The van der Waals surface area contributed by atoms with E-state index in [9.17, 15) is 0 Å². The van der Waals surface area contributed by atoms with E-state index >= 15 is 0 Å². The molecule has 2 rings (SSSR count). The molecule has 2 heterocycles. The van der Waals surface area contributed by atoms with Crippen molar-refractivity contribution in [3.05, 3.63) is 29.5 Å². The lowest BCUT2D eigenvalue weighted by Crippen LogP contribution is -2.25. The van der Waals surface area contributed by atoms with Crippen LogP contribution in [0.15, 0.2) is 28.2 Å². The first kappa shape index (κ1) is 14.3. The number of unbranched alkanes of at least 4 members (excludes halogenated alkanes) is 2. The molecule has 2 aromatic rings. The molecule has 0 spiro atoms. The number of nitrogens with one attached hydrogen (secondary N) is 1. The molecule has 0 amide bonds. The summed E-state index contributed by atoms with van der Waals surface area (Å²) in [6, 6.07) is 4.58. The molecule has 1 N–H and O–H groups in total. The second-order valence-corrected chi connectivity index (χ2v) is 5.85. The van der Waals surface area contributed by atoms with Crippen molar-refractivity contribution < 1.29 is 4.42 Å². The maximum atomic E-state index is 5.50. The van der Waals surface area contributed by atoms with Crippen LogP contribution >= 0.6 is 11.3 Å². The molecule has 0 radical (unpaired) electrons. The van der Waals surface area contributed by atoms with Gasteiger partial charge in [0, 0.05) is 12.6 Å². The Kier molecular flexibility index (Phi) is 5.61. The van der Waals surface area contributed by atoms with E-state index in [1.807, 2.05) is 17.5 Å². The number of aromatic nitrogens is 1. The Balaban J connectivity index is 1.77. The summed E-state index contributed by atoms with van der Waals surface area (Å²) in [4.78, 5) is 5.59. The molecular weight excluding hydrogens is 256 g/mol. The molecule has 0 aliphatic heterocycles. The van der Waals surface area contributed by atoms with Crippen LogP contribution in [0, 0.1) is 0 Å². The Morgan fingerprint density at radius 1 is 1.42 bits per heavy atom. The Hall–Kier alpha value is -1.13. The summed E-state index contributed by atoms with van der Waals surface area (Å²) >= 11 is 1.65. The van der Waals surface area contributed by atoms with Crippen molar-refractivity contribution in [2.75, 3.05) is 0 Å². The van der Waals surface area contributed by atoms with Crippen LogP contribution in [0.5, 0.6) is 0 Å². The molecule has 4 heteroatoms. The number of hydrogen-bond donors (Lipinski definition) is 1. The van der Waals surface area contributed by atoms with Crippen LogP contribution in [-0.4, -0.2) is 11.0 Å².